The van der Waals surface area contributed by atoms with Crippen molar-refractivity contribution in [2.24, 2.45) is 11.8 Å². The van der Waals surface area contributed by atoms with Crippen molar-refractivity contribution in [3.8, 4) is 17.2 Å². The first kappa shape index (κ1) is 27.0. The Morgan fingerprint density at radius 3 is 1.82 bits per heavy atom. The minimum absolute atomic E-state index is 0.166. The molecule has 0 saturated heterocycles. The molecule has 0 aromatic heterocycles. The van der Waals surface area contributed by atoms with Gasteiger partial charge in [-0.15, -0.1) is 0 Å². The van der Waals surface area contributed by atoms with E-state index in [0.717, 1.165) is 12.0 Å². The predicted octanol–water partition coefficient (Wildman–Crippen LogP) is 4.54. The minimum Gasteiger partial charge on any atom is -0.493 e. The van der Waals surface area contributed by atoms with Crippen molar-refractivity contribution in [1.82, 2.24) is 10.6 Å². The average Bonchev–Trinajstić information content (AvgIpc) is 2.81. The Labute approximate surface area is 203 Å². The summed E-state index contributed by atoms with van der Waals surface area (Å²) < 4.78 is 15.9. The molecule has 0 heterocycles. The molecule has 2 amide bonds. The van der Waals surface area contributed by atoms with E-state index < -0.39 is 11.9 Å². The number of nitrogens with one attached hydrogen (secondary N) is 2. The molecule has 186 valence electrons. The Bertz CT molecular complexity index is 944. The molecule has 0 saturated carbocycles. The average molecular weight is 471 g/mol. The highest BCUT2D eigenvalue weighted by Gasteiger charge is 2.24. The molecule has 2 aromatic rings. The van der Waals surface area contributed by atoms with E-state index in [0.29, 0.717) is 28.7 Å². The minimum atomic E-state index is -0.743. The molecular weight excluding hydrogens is 432 g/mol. The van der Waals surface area contributed by atoms with Gasteiger partial charge in [0, 0.05) is 5.56 Å². The standard InChI is InChI=1S/C27H38N2O5/c1-16(2)13-19-9-11-20(12-10-19)24(17(3)4)29-26(30)18(5)28-27(31)21-14-22(32-6)25(34-8)23(15-21)33-7/h9-12,14-18,24H,13H2,1-8H3,(H,28,31)(H,29,30)/t18-,24+/m1/s1. The number of amides is 2. The highest BCUT2D eigenvalue weighted by molar-refractivity contribution is 5.98. The topological polar surface area (TPSA) is 85.9 Å². The summed E-state index contributed by atoms with van der Waals surface area (Å²) in [5.74, 6) is 1.22. The van der Waals surface area contributed by atoms with E-state index in [2.05, 4.69) is 62.6 Å². The van der Waals surface area contributed by atoms with Crippen LogP contribution in [0.15, 0.2) is 36.4 Å². The summed E-state index contributed by atoms with van der Waals surface area (Å²) in [4.78, 5) is 25.8. The molecule has 0 aliphatic carbocycles. The van der Waals surface area contributed by atoms with E-state index in [1.165, 1.54) is 26.9 Å². The summed E-state index contributed by atoms with van der Waals surface area (Å²) in [7, 11) is 4.46. The number of carbonyl (C=O) groups is 2. The van der Waals surface area contributed by atoms with Gasteiger partial charge in [-0.25, -0.2) is 0 Å². The van der Waals surface area contributed by atoms with Crippen LogP contribution in [0.5, 0.6) is 17.2 Å². The zero-order valence-corrected chi connectivity index (χ0v) is 21.5. The third kappa shape index (κ3) is 6.89. The van der Waals surface area contributed by atoms with E-state index in [1.54, 1.807) is 19.1 Å². The first-order chi connectivity index (χ1) is 16.1. The molecule has 2 N–H and O–H groups in total. The van der Waals surface area contributed by atoms with E-state index >= 15 is 0 Å². The second-order valence-electron chi connectivity index (χ2n) is 9.18. The van der Waals surface area contributed by atoms with Crippen LogP contribution in [0.1, 0.15) is 62.1 Å². The molecule has 2 rings (SSSR count). The molecule has 0 bridgehead atoms. The Hall–Kier alpha value is -3.22. The van der Waals surface area contributed by atoms with E-state index in [4.69, 9.17) is 14.2 Å². The highest BCUT2D eigenvalue weighted by Crippen LogP contribution is 2.38. The van der Waals surface area contributed by atoms with Gasteiger partial charge in [0.1, 0.15) is 6.04 Å². The van der Waals surface area contributed by atoms with E-state index in [1.807, 2.05) is 0 Å². The van der Waals surface area contributed by atoms with Gasteiger partial charge < -0.3 is 24.8 Å². The van der Waals surface area contributed by atoms with Gasteiger partial charge in [-0.05, 0) is 48.4 Å². The molecule has 34 heavy (non-hydrogen) atoms. The van der Waals surface area contributed by atoms with Crippen molar-refractivity contribution < 1.29 is 23.8 Å². The van der Waals surface area contributed by atoms with Crippen LogP contribution in [0.3, 0.4) is 0 Å². The summed E-state index contributed by atoms with van der Waals surface area (Å²) in [5, 5.41) is 5.85. The lowest BCUT2D eigenvalue weighted by molar-refractivity contribution is -0.123. The van der Waals surface area contributed by atoms with Crippen LogP contribution in [0.4, 0.5) is 0 Å². The van der Waals surface area contributed by atoms with Crippen LogP contribution < -0.4 is 24.8 Å². The molecular formula is C27H38N2O5. The van der Waals surface area contributed by atoms with Gasteiger partial charge in [0.05, 0.1) is 27.4 Å². The van der Waals surface area contributed by atoms with Crippen LogP contribution in [0.2, 0.25) is 0 Å². The van der Waals surface area contributed by atoms with Gasteiger partial charge in [0.15, 0.2) is 11.5 Å². The second kappa shape index (κ2) is 12.3. The summed E-state index contributed by atoms with van der Waals surface area (Å²) in [6.45, 7) is 10.2. The van der Waals surface area contributed by atoms with Crippen molar-refractivity contribution in [3.63, 3.8) is 0 Å². The van der Waals surface area contributed by atoms with Crippen molar-refractivity contribution >= 4 is 11.8 Å². The zero-order chi connectivity index (χ0) is 25.4. The third-order valence-corrected chi connectivity index (χ3v) is 5.62. The lowest BCUT2D eigenvalue weighted by atomic mass is 9.93. The quantitative estimate of drug-likeness (QED) is 0.504. The summed E-state index contributed by atoms with van der Waals surface area (Å²) in [6.07, 6.45) is 1.02. The molecule has 0 unspecified atom stereocenters. The Kier molecular flexibility index (Phi) is 9.78. The highest BCUT2D eigenvalue weighted by atomic mass is 16.5. The van der Waals surface area contributed by atoms with Crippen LogP contribution in [0, 0.1) is 11.8 Å². The number of methoxy groups -OCH3 is 3. The monoisotopic (exact) mass is 470 g/mol. The Morgan fingerprint density at radius 2 is 1.38 bits per heavy atom. The smallest absolute Gasteiger partial charge is 0.252 e. The summed E-state index contributed by atoms with van der Waals surface area (Å²) in [6, 6.07) is 10.6. The van der Waals surface area contributed by atoms with Crippen LogP contribution >= 0.6 is 0 Å². The van der Waals surface area contributed by atoms with Crippen molar-refractivity contribution in [2.75, 3.05) is 21.3 Å². The predicted molar refractivity (Wildman–Crippen MR) is 134 cm³/mol. The molecule has 2 atom stereocenters. The van der Waals surface area contributed by atoms with Crippen molar-refractivity contribution in [3.05, 3.63) is 53.1 Å². The molecule has 0 fully saturated rings. The number of rotatable bonds is 11. The molecule has 0 radical (unpaired) electrons. The van der Waals surface area contributed by atoms with Gasteiger partial charge in [-0.1, -0.05) is 52.0 Å². The molecule has 0 aliphatic heterocycles. The van der Waals surface area contributed by atoms with Gasteiger partial charge in [0.25, 0.3) is 5.91 Å². The first-order valence-corrected chi connectivity index (χ1v) is 11.6. The largest absolute Gasteiger partial charge is 0.493 e. The number of carbonyl (C=O) groups excluding carboxylic acids is 2. The van der Waals surface area contributed by atoms with E-state index in [-0.39, 0.29) is 17.9 Å². The fourth-order valence-electron chi connectivity index (χ4n) is 3.80. The van der Waals surface area contributed by atoms with E-state index in [9.17, 15) is 9.59 Å². The maximum atomic E-state index is 13.0. The Balaban J connectivity index is 2.12. The summed E-state index contributed by atoms with van der Waals surface area (Å²) >= 11 is 0. The first-order valence-electron chi connectivity index (χ1n) is 11.6. The second-order valence-corrected chi connectivity index (χ2v) is 9.18. The fourth-order valence-corrected chi connectivity index (χ4v) is 3.80. The van der Waals surface area contributed by atoms with Crippen LogP contribution in [-0.4, -0.2) is 39.2 Å². The van der Waals surface area contributed by atoms with Crippen molar-refractivity contribution in [2.45, 2.75) is 53.1 Å². The fraction of sp³-hybridized carbons (Fsp3) is 0.481. The maximum Gasteiger partial charge on any atom is 0.252 e. The number of ether oxygens (including phenoxy) is 3. The lowest BCUT2D eigenvalue weighted by Gasteiger charge is -2.25. The third-order valence-electron chi connectivity index (χ3n) is 5.62. The SMILES string of the molecule is COc1cc(C(=O)N[C@H](C)C(=O)N[C@H](c2ccc(CC(C)C)cc2)C(C)C)cc(OC)c1OC. The molecule has 7 heteroatoms. The van der Waals surface area contributed by atoms with Crippen molar-refractivity contribution in [1.29, 1.82) is 0 Å². The van der Waals surface area contributed by atoms with Gasteiger partial charge in [-0.3, -0.25) is 9.59 Å². The van der Waals surface area contributed by atoms with Gasteiger partial charge in [0.2, 0.25) is 11.7 Å². The molecule has 0 spiro atoms. The summed E-state index contributed by atoms with van der Waals surface area (Å²) in [5.41, 5.74) is 2.62. The number of hydrogen-bond donors (Lipinski definition) is 2. The van der Waals surface area contributed by atoms with Crippen LogP contribution in [0.25, 0.3) is 0 Å². The lowest BCUT2D eigenvalue weighted by Crippen LogP contribution is -2.46. The number of hydrogen-bond acceptors (Lipinski definition) is 5. The Morgan fingerprint density at radius 1 is 0.824 bits per heavy atom. The maximum absolute atomic E-state index is 13.0. The zero-order valence-electron chi connectivity index (χ0n) is 21.5. The molecule has 2 aromatic carbocycles. The van der Waals surface area contributed by atoms with Gasteiger partial charge in [-0.2, -0.15) is 0 Å². The number of benzene rings is 2. The normalized spacial score (nSPS) is 12.8. The van der Waals surface area contributed by atoms with Crippen LogP contribution in [-0.2, 0) is 11.2 Å². The molecule has 0 aliphatic rings. The van der Waals surface area contributed by atoms with Gasteiger partial charge >= 0.3 is 0 Å². The molecule has 7 nitrogen and oxygen atoms in total.